The zero-order valence-corrected chi connectivity index (χ0v) is 16.2. The lowest BCUT2D eigenvalue weighted by Gasteiger charge is -2.21. The maximum Gasteiger partial charge on any atom is 0.110 e. The van der Waals surface area contributed by atoms with Crippen LogP contribution < -0.4 is 0 Å². The Kier molecular flexibility index (Phi) is 4.72. The molecule has 0 heteroatoms. The fraction of sp³-hybridized carbons (Fsp3) is 0.240. The molecular weight excluding hydrogens is 300 g/mol. The first-order valence-corrected chi connectivity index (χ1v) is 8.98. The smallest absolute Gasteiger partial charge is 0.0616 e. The predicted octanol–water partition coefficient (Wildman–Crippen LogP) is 6.83. The van der Waals surface area contributed by atoms with Crippen LogP contribution in [0.3, 0.4) is 0 Å². The largest absolute Gasteiger partial charge is 0.110 e. The summed E-state index contributed by atoms with van der Waals surface area (Å²) in [4.78, 5) is 0. The van der Waals surface area contributed by atoms with Crippen LogP contribution in [0, 0.1) is 33.6 Å². The van der Waals surface area contributed by atoms with Crippen molar-refractivity contribution in [2.24, 2.45) is 0 Å². The fourth-order valence-electron chi connectivity index (χ4n) is 4.00. The van der Waals surface area contributed by atoms with Gasteiger partial charge in [0.25, 0.3) is 0 Å². The normalized spacial score (nSPS) is 13.9. The summed E-state index contributed by atoms with van der Waals surface area (Å²) in [5, 5.41) is 0. The molecule has 2 aromatic carbocycles. The van der Waals surface area contributed by atoms with Crippen LogP contribution in [0.1, 0.15) is 47.2 Å². The quantitative estimate of drug-likeness (QED) is 0.530. The van der Waals surface area contributed by atoms with Gasteiger partial charge in [0, 0.05) is 40.8 Å². The highest BCUT2D eigenvalue weighted by Crippen LogP contribution is 2.41. The molecule has 2 aromatic rings. The molecule has 0 saturated carbocycles. The van der Waals surface area contributed by atoms with E-state index in [-0.39, 0.29) is 0 Å². The van der Waals surface area contributed by atoms with E-state index in [4.69, 9.17) is 0 Å². The number of allylic oxidation sites excluding steroid dienone is 5. The highest BCUT2D eigenvalue weighted by molar-refractivity contribution is 5.92. The molecular formula is C25H27+. The minimum absolute atomic E-state index is 1.33. The van der Waals surface area contributed by atoms with Crippen LogP contribution in [-0.2, 0) is 0 Å². The molecule has 0 radical (unpaired) electrons. The van der Waals surface area contributed by atoms with E-state index >= 15 is 0 Å². The maximum absolute atomic E-state index is 2.23. The lowest BCUT2D eigenvalue weighted by atomic mass is 9.77. The lowest BCUT2D eigenvalue weighted by molar-refractivity contribution is 1.16. The van der Waals surface area contributed by atoms with Crippen molar-refractivity contribution in [2.75, 3.05) is 0 Å². The van der Waals surface area contributed by atoms with Gasteiger partial charge in [-0.2, -0.15) is 0 Å². The van der Waals surface area contributed by atoms with Gasteiger partial charge in [0.1, 0.15) is 5.57 Å². The standard InChI is InChI=1S/C25H27/c1-16-10-7-11-17(2)22(16)25(23-18(3)12-8-13-19(23)4)24-20(5)14-9-15-21(24)6/h7-15H,1-6H3/q+1. The van der Waals surface area contributed by atoms with E-state index in [2.05, 4.69) is 96.2 Å². The van der Waals surface area contributed by atoms with Crippen LogP contribution in [0.15, 0.2) is 65.8 Å². The van der Waals surface area contributed by atoms with Crippen molar-refractivity contribution >= 4 is 5.57 Å². The van der Waals surface area contributed by atoms with Crippen molar-refractivity contribution in [1.29, 1.82) is 0 Å². The van der Waals surface area contributed by atoms with Crippen molar-refractivity contribution in [2.45, 2.75) is 41.5 Å². The molecule has 0 aromatic heterocycles. The van der Waals surface area contributed by atoms with E-state index in [0.717, 1.165) is 0 Å². The van der Waals surface area contributed by atoms with E-state index in [1.807, 2.05) is 0 Å². The van der Waals surface area contributed by atoms with Gasteiger partial charge >= 0.3 is 0 Å². The van der Waals surface area contributed by atoms with Gasteiger partial charge in [-0.25, -0.2) is 0 Å². The van der Waals surface area contributed by atoms with Crippen LogP contribution in [0.5, 0.6) is 0 Å². The summed E-state index contributed by atoms with van der Waals surface area (Å²) in [6.45, 7) is 13.4. The molecule has 0 fully saturated rings. The van der Waals surface area contributed by atoms with Crippen molar-refractivity contribution in [1.82, 2.24) is 0 Å². The molecule has 0 heterocycles. The topological polar surface area (TPSA) is 0 Å². The molecule has 0 aliphatic heterocycles. The van der Waals surface area contributed by atoms with Crippen LogP contribution in [0.4, 0.5) is 0 Å². The van der Waals surface area contributed by atoms with Crippen molar-refractivity contribution in [3.05, 3.63) is 105 Å². The zero-order chi connectivity index (χ0) is 18.1. The average molecular weight is 327 g/mol. The SMILES string of the molecule is CC1=CC=C[C+](C)C1=C(c1c(C)cccc1C)c1c(C)cccc1C. The second-order valence-corrected chi connectivity index (χ2v) is 7.18. The fourth-order valence-corrected chi connectivity index (χ4v) is 4.00. The third-order valence-electron chi connectivity index (χ3n) is 5.19. The van der Waals surface area contributed by atoms with Crippen LogP contribution in [-0.4, -0.2) is 0 Å². The molecule has 0 amide bonds. The first-order chi connectivity index (χ1) is 11.9. The van der Waals surface area contributed by atoms with Crippen molar-refractivity contribution < 1.29 is 0 Å². The van der Waals surface area contributed by atoms with Crippen LogP contribution >= 0.6 is 0 Å². The first kappa shape index (κ1) is 17.4. The average Bonchev–Trinajstić information content (AvgIpc) is 2.53. The Balaban J connectivity index is 2.47. The van der Waals surface area contributed by atoms with Gasteiger partial charge in [0.15, 0.2) is 0 Å². The van der Waals surface area contributed by atoms with Gasteiger partial charge in [-0.05, 0) is 63.8 Å². The Bertz CT molecular complexity index is 810. The molecule has 0 N–H and O–H groups in total. The summed E-state index contributed by atoms with van der Waals surface area (Å²) in [6, 6.07) is 13.2. The maximum atomic E-state index is 2.23. The van der Waals surface area contributed by atoms with Crippen LogP contribution in [0.2, 0.25) is 0 Å². The van der Waals surface area contributed by atoms with E-state index in [0.29, 0.717) is 0 Å². The lowest BCUT2D eigenvalue weighted by Crippen LogP contribution is -2.08. The molecule has 0 bridgehead atoms. The highest BCUT2D eigenvalue weighted by atomic mass is 14.3. The van der Waals surface area contributed by atoms with Gasteiger partial charge in [0.2, 0.25) is 0 Å². The molecule has 1 aliphatic rings. The summed E-state index contributed by atoms with van der Waals surface area (Å²) < 4.78 is 0. The molecule has 0 saturated heterocycles. The Morgan fingerprint density at radius 1 is 0.720 bits per heavy atom. The first-order valence-electron chi connectivity index (χ1n) is 8.98. The van der Waals surface area contributed by atoms with E-state index in [9.17, 15) is 0 Å². The summed E-state index contributed by atoms with van der Waals surface area (Å²) in [5.41, 5.74) is 12.2. The van der Waals surface area contributed by atoms with Gasteiger partial charge in [0.05, 0.1) is 5.57 Å². The van der Waals surface area contributed by atoms with Gasteiger partial charge in [-0.3, -0.25) is 0 Å². The summed E-state index contributed by atoms with van der Waals surface area (Å²) in [6.07, 6.45) is 6.61. The predicted molar refractivity (Wildman–Crippen MR) is 110 cm³/mol. The van der Waals surface area contributed by atoms with Crippen LogP contribution in [0.25, 0.3) is 5.57 Å². The third kappa shape index (κ3) is 3.09. The van der Waals surface area contributed by atoms with Crippen molar-refractivity contribution in [3.8, 4) is 0 Å². The van der Waals surface area contributed by atoms with E-state index < -0.39 is 0 Å². The monoisotopic (exact) mass is 327 g/mol. The Labute approximate surface area is 152 Å². The number of aryl methyl sites for hydroxylation is 4. The van der Waals surface area contributed by atoms with E-state index in [1.165, 1.54) is 56.0 Å². The Morgan fingerprint density at radius 3 is 1.56 bits per heavy atom. The molecule has 25 heavy (non-hydrogen) atoms. The van der Waals surface area contributed by atoms with Crippen molar-refractivity contribution in [3.63, 3.8) is 0 Å². The second-order valence-electron chi connectivity index (χ2n) is 7.18. The van der Waals surface area contributed by atoms with Gasteiger partial charge in [-0.15, -0.1) is 0 Å². The molecule has 0 atom stereocenters. The van der Waals surface area contributed by atoms with Gasteiger partial charge < -0.3 is 0 Å². The van der Waals surface area contributed by atoms with E-state index in [1.54, 1.807) is 0 Å². The second kappa shape index (κ2) is 6.80. The number of rotatable bonds is 2. The Morgan fingerprint density at radius 2 is 1.16 bits per heavy atom. The molecule has 0 spiro atoms. The molecule has 0 unspecified atom stereocenters. The summed E-state index contributed by atoms with van der Waals surface area (Å²) in [5.74, 6) is 1.33. The number of benzene rings is 2. The molecule has 0 nitrogen and oxygen atoms in total. The third-order valence-corrected chi connectivity index (χ3v) is 5.19. The molecule has 126 valence electrons. The zero-order valence-electron chi connectivity index (χ0n) is 16.2. The molecule has 3 rings (SSSR count). The van der Waals surface area contributed by atoms with Gasteiger partial charge in [-0.1, -0.05) is 36.4 Å². The highest BCUT2D eigenvalue weighted by Gasteiger charge is 2.30. The summed E-state index contributed by atoms with van der Waals surface area (Å²) >= 11 is 0. The Hall–Kier alpha value is -2.47. The number of hydrogen-bond acceptors (Lipinski definition) is 0. The summed E-state index contributed by atoms with van der Waals surface area (Å²) in [7, 11) is 0. The minimum atomic E-state index is 1.33. The minimum Gasteiger partial charge on any atom is -0.0616 e. The number of hydrogen-bond donors (Lipinski definition) is 0. The molecule has 1 aliphatic carbocycles.